The molecule has 0 bridgehead atoms. The van der Waals surface area contributed by atoms with Gasteiger partial charge >= 0.3 is 0 Å². The Labute approximate surface area is 207 Å². The van der Waals surface area contributed by atoms with E-state index in [1.807, 2.05) is 19.0 Å². The molecule has 8 nitrogen and oxygen atoms in total. The number of hydrogen-bond donors (Lipinski definition) is 1. The van der Waals surface area contributed by atoms with Crippen LogP contribution in [0.25, 0.3) is 5.76 Å². The summed E-state index contributed by atoms with van der Waals surface area (Å²) in [5.41, 5.74) is 1.02. The second kappa shape index (κ2) is 10.9. The first-order valence-corrected chi connectivity index (χ1v) is 11.5. The van der Waals surface area contributed by atoms with E-state index in [4.69, 9.17) is 14.2 Å². The average Bonchev–Trinajstić information content (AvgIpc) is 3.07. The number of carbonyl (C=O) groups is 2. The van der Waals surface area contributed by atoms with Gasteiger partial charge in [0.1, 0.15) is 5.76 Å². The molecule has 0 spiro atoms. The standard InChI is InChI=1S/C25H29BrN2O6/c1-27(2)11-6-12-28-21(16-13-18(32-3)24(34-5)19(14-16)33-4)20(23(30)25(28)31)22(29)15-7-9-17(26)10-8-15/h7-10,13-14,21,29H,6,11-12H2,1-5H3/t21-/m1/s1. The molecule has 0 aromatic heterocycles. The molecular formula is C25H29BrN2O6. The molecule has 1 saturated heterocycles. The first kappa shape index (κ1) is 25.6. The van der Waals surface area contributed by atoms with Crippen LogP contribution in [0.15, 0.2) is 46.4 Å². The third-order valence-corrected chi connectivity index (χ3v) is 6.19. The van der Waals surface area contributed by atoms with Gasteiger partial charge in [0.05, 0.1) is 32.9 Å². The molecule has 1 aliphatic heterocycles. The fourth-order valence-electron chi connectivity index (χ4n) is 4.04. The predicted octanol–water partition coefficient (Wildman–Crippen LogP) is 3.85. The van der Waals surface area contributed by atoms with Gasteiger partial charge in [-0.15, -0.1) is 0 Å². The number of nitrogens with zero attached hydrogens (tertiary/aromatic N) is 2. The summed E-state index contributed by atoms with van der Waals surface area (Å²) in [6.07, 6.45) is 0.652. The van der Waals surface area contributed by atoms with Crippen molar-refractivity contribution in [3.63, 3.8) is 0 Å². The predicted molar refractivity (Wildman–Crippen MR) is 132 cm³/mol. The van der Waals surface area contributed by atoms with Crippen molar-refractivity contribution in [3.05, 3.63) is 57.6 Å². The Morgan fingerprint density at radius 2 is 1.62 bits per heavy atom. The molecule has 9 heteroatoms. The zero-order chi connectivity index (χ0) is 25.0. The lowest BCUT2D eigenvalue weighted by molar-refractivity contribution is -0.139. The Morgan fingerprint density at radius 3 is 2.12 bits per heavy atom. The Bertz CT molecular complexity index is 1070. The Hall–Kier alpha value is -3.04. The zero-order valence-corrected chi connectivity index (χ0v) is 21.5. The maximum absolute atomic E-state index is 13.2. The molecule has 0 radical (unpaired) electrons. The largest absolute Gasteiger partial charge is 0.507 e. The maximum atomic E-state index is 13.2. The lowest BCUT2D eigenvalue weighted by Crippen LogP contribution is -2.32. The van der Waals surface area contributed by atoms with Crippen LogP contribution in [0.2, 0.25) is 0 Å². The average molecular weight is 533 g/mol. The minimum Gasteiger partial charge on any atom is -0.507 e. The number of carbonyl (C=O) groups excluding carboxylic acids is 2. The van der Waals surface area contributed by atoms with Crippen LogP contribution in [0, 0.1) is 0 Å². The fourth-order valence-corrected chi connectivity index (χ4v) is 4.30. The summed E-state index contributed by atoms with van der Waals surface area (Å²) in [6, 6.07) is 9.47. The van der Waals surface area contributed by atoms with Crippen LogP contribution >= 0.6 is 15.9 Å². The lowest BCUT2D eigenvalue weighted by Gasteiger charge is -2.27. The molecule has 1 heterocycles. The minimum absolute atomic E-state index is 0.0199. The molecule has 0 saturated carbocycles. The van der Waals surface area contributed by atoms with Crippen LogP contribution < -0.4 is 14.2 Å². The highest BCUT2D eigenvalue weighted by atomic mass is 79.9. The number of halogens is 1. The number of Topliss-reactive ketones (excluding diaryl/α,β-unsaturated/α-hetero) is 1. The third-order valence-electron chi connectivity index (χ3n) is 5.66. The van der Waals surface area contributed by atoms with Gasteiger partial charge in [-0.2, -0.15) is 0 Å². The number of aliphatic hydroxyl groups is 1. The van der Waals surface area contributed by atoms with Gasteiger partial charge in [0, 0.05) is 16.6 Å². The van der Waals surface area contributed by atoms with Gasteiger partial charge in [-0.1, -0.05) is 28.1 Å². The highest BCUT2D eigenvalue weighted by Gasteiger charge is 2.46. The number of aliphatic hydroxyl groups excluding tert-OH is 1. The number of benzene rings is 2. The zero-order valence-electron chi connectivity index (χ0n) is 19.9. The summed E-state index contributed by atoms with van der Waals surface area (Å²) < 4.78 is 17.2. The van der Waals surface area contributed by atoms with E-state index < -0.39 is 17.7 Å². The highest BCUT2D eigenvalue weighted by molar-refractivity contribution is 9.10. The summed E-state index contributed by atoms with van der Waals surface area (Å²) in [6.45, 7) is 1.07. The fraction of sp³-hybridized carbons (Fsp3) is 0.360. The monoisotopic (exact) mass is 532 g/mol. The van der Waals surface area contributed by atoms with Crippen LogP contribution in [0.3, 0.4) is 0 Å². The second-order valence-electron chi connectivity index (χ2n) is 8.11. The molecule has 3 rings (SSSR count). The summed E-state index contributed by atoms with van der Waals surface area (Å²) in [7, 11) is 8.38. The number of methoxy groups -OCH3 is 3. The number of hydrogen-bond acceptors (Lipinski definition) is 7. The first-order chi connectivity index (χ1) is 16.2. The van der Waals surface area contributed by atoms with Crippen molar-refractivity contribution in [1.82, 2.24) is 9.80 Å². The van der Waals surface area contributed by atoms with E-state index in [2.05, 4.69) is 15.9 Å². The molecule has 2 aromatic carbocycles. The Balaban J connectivity index is 2.21. The van der Waals surface area contributed by atoms with Gasteiger partial charge in [0.25, 0.3) is 11.7 Å². The molecule has 1 fully saturated rings. The van der Waals surface area contributed by atoms with E-state index in [1.165, 1.54) is 26.2 Å². The van der Waals surface area contributed by atoms with Crippen LogP contribution in [-0.2, 0) is 9.59 Å². The van der Waals surface area contributed by atoms with Crippen molar-refractivity contribution in [2.24, 2.45) is 0 Å². The number of amides is 1. The molecule has 34 heavy (non-hydrogen) atoms. The molecule has 2 aromatic rings. The SMILES string of the molecule is COc1cc([C@@H]2C(=C(O)c3ccc(Br)cc3)C(=O)C(=O)N2CCCN(C)C)cc(OC)c1OC. The summed E-state index contributed by atoms with van der Waals surface area (Å²) in [5.74, 6) is -0.454. The number of rotatable bonds is 9. The van der Waals surface area contributed by atoms with Gasteiger partial charge in [-0.05, 0) is 56.9 Å². The van der Waals surface area contributed by atoms with Crippen LogP contribution in [-0.4, -0.2) is 75.1 Å². The molecule has 1 aliphatic rings. The molecule has 0 aliphatic carbocycles. The lowest BCUT2D eigenvalue weighted by atomic mass is 9.94. The Kier molecular flexibility index (Phi) is 8.22. The van der Waals surface area contributed by atoms with Gasteiger partial charge in [0.15, 0.2) is 11.5 Å². The Morgan fingerprint density at radius 1 is 1.03 bits per heavy atom. The van der Waals surface area contributed by atoms with Gasteiger partial charge in [-0.3, -0.25) is 9.59 Å². The van der Waals surface area contributed by atoms with Gasteiger partial charge in [-0.25, -0.2) is 0 Å². The smallest absolute Gasteiger partial charge is 0.295 e. The van der Waals surface area contributed by atoms with E-state index in [9.17, 15) is 14.7 Å². The summed E-state index contributed by atoms with van der Waals surface area (Å²) in [4.78, 5) is 29.8. The van der Waals surface area contributed by atoms with E-state index in [0.29, 0.717) is 41.3 Å². The second-order valence-corrected chi connectivity index (χ2v) is 9.03. The van der Waals surface area contributed by atoms with Crippen molar-refractivity contribution < 1.29 is 28.9 Å². The highest BCUT2D eigenvalue weighted by Crippen LogP contribution is 2.45. The van der Waals surface area contributed by atoms with Crippen molar-refractivity contribution in [1.29, 1.82) is 0 Å². The quantitative estimate of drug-likeness (QED) is 0.298. The molecule has 182 valence electrons. The van der Waals surface area contributed by atoms with Crippen molar-refractivity contribution in [2.75, 3.05) is 48.5 Å². The maximum Gasteiger partial charge on any atom is 0.295 e. The van der Waals surface area contributed by atoms with Gasteiger partial charge in [0.2, 0.25) is 5.75 Å². The van der Waals surface area contributed by atoms with Gasteiger partial charge < -0.3 is 29.1 Å². The van der Waals surface area contributed by atoms with Crippen LogP contribution in [0.4, 0.5) is 0 Å². The van der Waals surface area contributed by atoms with E-state index in [1.54, 1.807) is 36.4 Å². The molecule has 1 amide bonds. The third kappa shape index (κ3) is 5.05. The minimum atomic E-state index is -0.820. The van der Waals surface area contributed by atoms with Crippen LogP contribution in [0.5, 0.6) is 17.2 Å². The summed E-state index contributed by atoms with van der Waals surface area (Å²) in [5, 5.41) is 11.2. The molecular weight excluding hydrogens is 504 g/mol. The molecule has 0 unspecified atom stereocenters. The first-order valence-electron chi connectivity index (χ1n) is 10.7. The van der Waals surface area contributed by atoms with E-state index >= 15 is 0 Å². The normalized spacial score (nSPS) is 17.4. The number of ether oxygens (including phenoxy) is 3. The number of ketones is 1. The van der Waals surface area contributed by atoms with Crippen molar-refractivity contribution >= 4 is 33.4 Å². The topological polar surface area (TPSA) is 88.5 Å². The number of likely N-dealkylation sites (tertiary alicyclic amines) is 1. The summed E-state index contributed by atoms with van der Waals surface area (Å²) >= 11 is 3.37. The molecule has 1 N–H and O–H groups in total. The van der Waals surface area contributed by atoms with E-state index in [-0.39, 0.29) is 11.3 Å². The molecule has 1 atom stereocenters. The van der Waals surface area contributed by atoms with E-state index in [0.717, 1.165) is 11.0 Å². The van der Waals surface area contributed by atoms with Crippen molar-refractivity contribution in [3.8, 4) is 17.2 Å². The van der Waals surface area contributed by atoms with Crippen LogP contribution in [0.1, 0.15) is 23.6 Å². The van der Waals surface area contributed by atoms with Crippen molar-refractivity contribution in [2.45, 2.75) is 12.5 Å².